The van der Waals surface area contributed by atoms with E-state index in [1.54, 1.807) is 4.31 Å². The molecule has 2 rings (SSSR count). The maximum absolute atomic E-state index is 11.9. The number of nitrogens with zero attached hydrogens (tertiary/aromatic N) is 1. The van der Waals surface area contributed by atoms with Crippen molar-refractivity contribution in [1.82, 2.24) is 4.31 Å². The number of hydrogen-bond donors (Lipinski definition) is 0. The van der Waals surface area contributed by atoms with Crippen LogP contribution in [0.1, 0.15) is 32.1 Å². The van der Waals surface area contributed by atoms with Crippen molar-refractivity contribution in [3.05, 3.63) is 0 Å². The van der Waals surface area contributed by atoms with Gasteiger partial charge in [0.05, 0.1) is 11.9 Å². The molecule has 4 nitrogen and oxygen atoms in total. The van der Waals surface area contributed by atoms with Crippen LogP contribution in [0.15, 0.2) is 0 Å². The number of hydrogen-bond acceptors (Lipinski definition) is 3. The normalized spacial score (nSPS) is 28.7. The summed E-state index contributed by atoms with van der Waals surface area (Å²) in [7, 11) is -2.99. The first-order valence-corrected chi connectivity index (χ1v) is 7.39. The summed E-state index contributed by atoms with van der Waals surface area (Å²) < 4.78 is 30.8. The third-order valence-electron chi connectivity index (χ3n) is 3.18. The Labute approximate surface area is 91.6 Å². The van der Waals surface area contributed by atoms with Crippen LogP contribution in [0, 0.1) is 0 Å². The van der Waals surface area contributed by atoms with E-state index in [-0.39, 0.29) is 11.9 Å². The summed E-state index contributed by atoms with van der Waals surface area (Å²) in [5, 5.41) is 0. The van der Waals surface area contributed by atoms with E-state index in [0.29, 0.717) is 19.5 Å². The second-order valence-electron chi connectivity index (χ2n) is 4.35. The van der Waals surface area contributed by atoms with Crippen LogP contribution in [-0.2, 0) is 14.8 Å². The van der Waals surface area contributed by atoms with Gasteiger partial charge in [-0.1, -0.05) is 0 Å². The molecular formula is C10H19NO3S. The zero-order chi connectivity index (χ0) is 10.7. The molecule has 0 aromatic rings. The fourth-order valence-electron chi connectivity index (χ4n) is 2.25. The molecule has 0 radical (unpaired) electrons. The van der Waals surface area contributed by atoms with Gasteiger partial charge in [-0.25, -0.2) is 12.7 Å². The summed E-state index contributed by atoms with van der Waals surface area (Å²) in [6.45, 7) is 2.23. The van der Waals surface area contributed by atoms with Crippen molar-refractivity contribution in [2.75, 3.05) is 25.4 Å². The molecular weight excluding hydrogens is 214 g/mol. The quantitative estimate of drug-likeness (QED) is 0.727. The third kappa shape index (κ3) is 2.92. The van der Waals surface area contributed by atoms with Crippen molar-refractivity contribution in [1.29, 1.82) is 0 Å². The van der Waals surface area contributed by atoms with Crippen molar-refractivity contribution >= 4 is 10.0 Å². The van der Waals surface area contributed by atoms with Gasteiger partial charge in [0.2, 0.25) is 10.0 Å². The van der Waals surface area contributed by atoms with E-state index in [0.717, 1.165) is 32.3 Å². The third-order valence-corrected chi connectivity index (χ3v) is 5.08. The molecule has 0 unspecified atom stereocenters. The van der Waals surface area contributed by atoms with E-state index in [4.69, 9.17) is 4.74 Å². The molecule has 2 aliphatic rings. The Balaban J connectivity index is 1.81. The highest BCUT2D eigenvalue weighted by Crippen LogP contribution is 2.19. The summed E-state index contributed by atoms with van der Waals surface area (Å²) in [4.78, 5) is 0. The monoisotopic (exact) mass is 233 g/mol. The van der Waals surface area contributed by atoms with Crippen LogP contribution in [-0.4, -0.2) is 44.3 Å². The lowest BCUT2D eigenvalue weighted by Gasteiger charge is -2.16. The molecule has 2 heterocycles. The molecule has 0 bridgehead atoms. The van der Waals surface area contributed by atoms with Gasteiger partial charge >= 0.3 is 0 Å². The van der Waals surface area contributed by atoms with Crippen LogP contribution in [0.5, 0.6) is 0 Å². The predicted octanol–water partition coefficient (Wildman–Crippen LogP) is 0.981. The maximum atomic E-state index is 11.9. The van der Waals surface area contributed by atoms with Crippen LogP contribution in [0.4, 0.5) is 0 Å². The highest BCUT2D eigenvalue weighted by molar-refractivity contribution is 7.89. The largest absolute Gasteiger partial charge is 0.378 e. The van der Waals surface area contributed by atoms with Crippen molar-refractivity contribution < 1.29 is 13.2 Å². The zero-order valence-corrected chi connectivity index (χ0v) is 9.84. The molecule has 0 amide bonds. The second kappa shape index (κ2) is 4.80. The molecule has 15 heavy (non-hydrogen) atoms. The Hall–Kier alpha value is -0.130. The lowest BCUT2D eigenvalue weighted by Crippen LogP contribution is -2.31. The fraction of sp³-hybridized carbons (Fsp3) is 1.00. The number of rotatable bonds is 4. The minimum absolute atomic E-state index is 0.183. The first-order valence-electron chi connectivity index (χ1n) is 5.78. The molecule has 0 aromatic carbocycles. The molecule has 2 fully saturated rings. The molecule has 0 aliphatic carbocycles. The zero-order valence-electron chi connectivity index (χ0n) is 9.02. The van der Waals surface area contributed by atoms with E-state index in [2.05, 4.69) is 0 Å². The standard InChI is InChI=1S/C10H19NO3S/c12-15(13,11-6-1-2-7-11)9-5-10-4-3-8-14-10/h10H,1-9H2/t10-/m1/s1. The highest BCUT2D eigenvalue weighted by atomic mass is 32.2. The summed E-state index contributed by atoms with van der Waals surface area (Å²) in [6, 6.07) is 0. The lowest BCUT2D eigenvalue weighted by atomic mass is 10.2. The van der Waals surface area contributed by atoms with Gasteiger partial charge in [0.25, 0.3) is 0 Å². The highest BCUT2D eigenvalue weighted by Gasteiger charge is 2.26. The van der Waals surface area contributed by atoms with Gasteiger partial charge in [-0.15, -0.1) is 0 Å². The van der Waals surface area contributed by atoms with Crippen LogP contribution >= 0.6 is 0 Å². The van der Waals surface area contributed by atoms with E-state index >= 15 is 0 Å². The smallest absolute Gasteiger partial charge is 0.214 e. The fourth-order valence-corrected chi connectivity index (χ4v) is 3.88. The first kappa shape index (κ1) is 11.4. The van der Waals surface area contributed by atoms with Gasteiger partial charge in [-0.3, -0.25) is 0 Å². The van der Waals surface area contributed by atoms with Gasteiger partial charge in [0.1, 0.15) is 0 Å². The van der Waals surface area contributed by atoms with Gasteiger partial charge in [-0.2, -0.15) is 0 Å². The second-order valence-corrected chi connectivity index (χ2v) is 6.43. The molecule has 0 spiro atoms. The van der Waals surface area contributed by atoms with Crippen LogP contribution in [0.2, 0.25) is 0 Å². The van der Waals surface area contributed by atoms with Gasteiger partial charge in [-0.05, 0) is 32.1 Å². The molecule has 2 aliphatic heterocycles. The lowest BCUT2D eigenvalue weighted by molar-refractivity contribution is 0.108. The SMILES string of the molecule is O=S(=O)(CC[C@H]1CCCO1)N1CCCC1. The summed E-state index contributed by atoms with van der Waals surface area (Å²) in [5.41, 5.74) is 0. The molecule has 88 valence electrons. The van der Waals surface area contributed by atoms with E-state index in [9.17, 15) is 8.42 Å². The van der Waals surface area contributed by atoms with Gasteiger partial charge in [0.15, 0.2) is 0 Å². The van der Waals surface area contributed by atoms with Crippen molar-refractivity contribution in [3.8, 4) is 0 Å². The minimum Gasteiger partial charge on any atom is -0.378 e. The van der Waals surface area contributed by atoms with Crippen LogP contribution in [0.3, 0.4) is 0 Å². The van der Waals surface area contributed by atoms with Crippen LogP contribution in [0.25, 0.3) is 0 Å². The summed E-state index contributed by atoms with van der Waals surface area (Å²) >= 11 is 0. The number of ether oxygens (including phenoxy) is 1. The Morgan fingerprint density at radius 2 is 1.93 bits per heavy atom. The number of sulfonamides is 1. The minimum atomic E-state index is -2.99. The molecule has 0 saturated carbocycles. The Morgan fingerprint density at radius 3 is 2.53 bits per heavy atom. The summed E-state index contributed by atoms with van der Waals surface area (Å²) in [5.74, 6) is 0.262. The average Bonchev–Trinajstić information content (AvgIpc) is 2.88. The predicted molar refractivity (Wildman–Crippen MR) is 58.2 cm³/mol. The first-order chi connectivity index (χ1) is 7.18. The molecule has 0 N–H and O–H groups in total. The van der Waals surface area contributed by atoms with Crippen molar-refractivity contribution in [2.45, 2.75) is 38.2 Å². The van der Waals surface area contributed by atoms with Gasteiger partial charge in [0, 0.05) is 19.7 Å². The molecule has 2 saturated heterocycles. The Bertz CT molecular complexity index is 290. The van der Waals surface area contributed by atoms with Crippen molar-refractivity contribution in [3.63, 3.8) is 0 Å². The van der Waals surface area contributed by atoms with E-state index < -0.39 is 10.0 Å². The maximum Gasteiger partial charge on any atom is 0.214 e. The van der Waals surface area contributed by atoms with Gasteiger partial charge < -0.3 is 4.74 Å². The average molecular weight is 233 g/mol. The van der Waals surface area contributed by atoms with E-state index in [1.165, 1.54) is 0 Å². The van der Waals surface area contributed by atoms with Crippen molar-refractivity contribution in [2.24, 2.45) is 0 Å². The van der Waals surface area contributed by atoms with Crippen LogP contribution < -0.4 is 0 Å². The summed E-state index contributed by atoms with van der Waals surface area (Å²) in [6.07, 6.45) is 4.98. The molecule has 0 aromatic heterocycles. The Morgan fingerprint density at radius 1 is 1.20 bits per heavy atom. The Kier molecular flexibility index (Phi) is 3.64. The molecule has 1 atom stereocenters. The van der Waals surface area contributed by atoms with E-state index in [1.807, 2.05) is 0 Å². The molecule has 5 heteroatoms. The topological polar surface area (TPSA) is 46.6 Å².